The molecule has 0 saturated carbocycles. The zero-order valence-electron chi connectivity index (χ0n) is 16.2. The minimum Gasteiger partial charge on any atom is -0.324 e. The van der Waals surface area contributed by atoms with Gasteiger partial charge >= 0.3 is 0 Å². The van der Waals surface area contributed by atoms with Gasteiger partial charge in [0.05, 0.1) is 23.0 Å². The molecule has 4 aromatic rings. The zero-order chi connectivity index (χ0) is 20.6. The molecule has 7 heteroatoms. The molecule has 0 aliphatic rings. The van der Waals surface area contributed by atoms with Crippen molar-refractivity contribution in [3.8, 4) is 16.8 Å². The van der Waals surface area contributed by atoms with E-state index < -0.39 is 10.0 Å². The van der Waals surface area contributed by atoms with Crippen molar-refractivity contribution in [1.82, 2.24) is 9.55 Å². The van der Waals surface area contributed by atoms with E-state index in [2.05, 4.69) is 9.71 Å². The first-order valence-corrected chi connectivity index (χ1v) is 11.1. The van der Waals surface area contributed by atoms with Gasteiger partial charge in [-0.3, -0.25) is 9.29 Å². The van der Waals surface area contributed by atoms with Crippen molar-refractivity contribution < 1.29 is 8.42 Å². The first-order valence-electron chi connectivity index (χ1n) is 9.22. The van der Waals surface area contributed by atoms with Crippen molar-refractivity contribution in [2.75, 3.05) is 11.0 Å². The zero-order valence-corrected chi connectivity index (χ0v) is 17.0. The molecule has 0 radical (unpaired) electrons. The van der Waals surface area contributed by atoms with Crippen LogP contribution in [0.4, 0.5) is 5.69 Å². The maximum atomic E-state index is 11.7. The van der Waals surface area contributed by atoms with E-state index in [-0.39, 0.29) is 6.04 Å². The SMILES string of the molecule is CC(N)c1ccc2c(c1)ncn2-c1cccc(-c2ccccc2NS(C)(=O)=O)c1. The van der Waals surface area contributed by atoms with E-state index in [0.717, 1.165) is 39.7 Å². The van der Waals surface area contributed by atoms with Crippen LogP contribution in [0.2, 0.25) is 0 Å². The van der Waals surface area contributed by atoms with Gasteiger partial charge in [0.15, 0.2) is 0 Å². The minimum absolute atomic E-state index is 0.0493. The Labute approximate surface area is 170 Å². The third kappa shape index (κ3) is 4.01. The third-order valence-corrected chi connectivity index (χ3v) is 5.35. The second kappa shape index (κ2) is 7.35. The Bertz CT molecular complexity index is 1290. The molecular formula is C22H22N4O2S. The van der Waals surface area contributed by atoms with Crippen molar-refractivity contribution >= 4 is 26.7 Å². The quantitative estimate of drug-likeness (QED) is 0.522. The lowest BCUT2D eigenvalue weighted by atomic mass is 10.0. The molecule has 3 aromatic carbocycles. The van der Waals surface area contributed by atoms with Gasteiger partial charge in [-0.2, -0.15) is 0 Å². The van der Waals surface area contributed by atoms with Gasteiger partial charge in [0, 0.05) is 17.3 Å². The average molecular weight is 407 g/mol. The lowest BCUT2D eigenvalue weighted by Crippen LogP contribution is -2.10. The molecule has 148 valence electrons. The van der Waals surface area contributed by atoms with Gasteiger partial charge in [-0.15, -0.1) is 0 Å². The Hall–Kier alpha value is -3.16. The van der Waals surface area contributed by atoms with Gasteiger partial charge in [0.1, 0.15) is 6.33 Å². The summed E-state index contributed by atoms with van der Waals surface area (Å²) in [7, 11) is -3.38. The molecule has 0 amide bonds. The molecule has 0 bridgehead atoms. The van der Waals surface area contributed by atoms with Crippen LogP contribution >= 0.6 is 0 Å². The average Bonchev–Trinajstić information content (AvgIpc) is 3.10. The smallest absolute Gasteiger partial charge is 0.229 e. The molecule has 3 N–H and O–H groups in total. The van der Waals surface area contributed by atoms with E-state index in [4.69, 9.17) is 5.73 Å². The number of fused-ring (bicyclic) bond motifs is 1. The normalized spacial score (nSPS) is 12.8. The summed E-state index contributed by atoms with van der Waals surface area (Å²) in [6, 6.07) is 21.3. The fourth-order valence-electron chi connectivity index (χ4n) is 3.37. The van der Waals surface area contributed by atoms with Crippen LogP contribution in [0.5, 0.6) is 0 Å². The van der Waals surface area contributed by atoms with Gasteiger partial charge in [-0.1, -0.05) is 36.4 Å². The fraction of sp³-hybridized carbons (Fsp3) is 0.136. The van der Waals surface area contributed by atoms with Gasteiger partial charge in [0.2, 0.25) is 10.0 Å². The predicted molar refractivity (Wildman–Crippen MR) is 118 cm³/mol. The number of hydrogen-bond donors (Lipinski definition) is 2. The number of benzene rings is 3. The van der Waals surface area contributed by atoms with Crippen LogP contribution in [0, 0.1) is 0 Å². The first-order chi connectivity index (χ1) is 13.8. The molecule has 4 rings (SSSR count). The van der Waals surface area contributed by atoms with Crippen LogP contribution in [-0.2, 0) is 10.0 Å². The van der Waals surface area contributed by atoms with Crippen molar-refractivity contribution in [3.63, 3.8) is 0 Å². The lowest BCUT2D eigenvalue weighted by Gasteiger charge is -2.13. The van der Waals surface area contributed by atoms with E-state index >= 15 is 0 Å². The molecular weight excluding hydrogens is 384 g/mol. The second-order valence-electron chi connectivity index (χ2n) is 7.12. The summed E-state index contributed by atoms with van der Waals surface area (Å²) >= 11 is 0. The summed E-state index contributed by atoms with van der Waals surface area (Å²) in [6.07, 6.45) is 2.93. The van der Waals surface area contributed by atoms with Crippen molar-refractivity contribution in [1.29, 1.82) is 0 Å². The highest BCUT2D eigenvalue weighted by Gasteiger charge is 2.11. The van der Waals surface area contributed by atoms with E-state index in [1.165, 1.54) is 0 Å². The Morgan fingerprint density at radius 2 is 1.83 bits per heavy atom. The highest BCUT2D eigenvalue weighted by atomic mass is 32.2. The van der Waals surface area contributed by atoms with Crippen molar-refractivity contribution in [2.24, 2.45) is 5.73 Å². The Morgan fingerprint density at radius 3 is 2.59 bits per heavy atom. The number of rotatable bonds is 5. The third-order valence-electron chi connectivity index (χ3n) is 4.75. The molecule has 0 aliphatic carbocycles. The molecule has 1 unspecified atom stereocenters. The highest BCUT2D eigenvalue weighted by molar-refractivity contribution is 7.92. The number of nitrogens with one attached hydrogen (secondary N) is 1. The number of aromatic nitrogens is 2. The van der Waals surface area contributed by atoms with Crippen molar-refractivity contribution in [2.45, 2.75) is 13.0 Å². The summed E-state index contributed by atoms with van der Waals surface area (Å²) in [5.74, 6) is 0. The molecule has 1 atom stereocenters. The van der Waals surface area contributed by atoms with Gasteiger partial charge < -0.3 is 5.73 Å². The number of imidazole rings is 1. The summed E-state index contributed by atoms with van der Waals surface area (Å²) < 4.78 is 28.1. The molecule has 0 aliphatic heterocycles. The number of hydrogen-bond acceptors (Lipinski definition) is 4. The maximum Gasteiger partial charge on any atom is 0.229 e. The van der Waals surface area contributed by atoms with E-state index in [0.29, 0.717) is 5.69 Å². The first kappa shape index (κ1) is 19.2. The number of sulfonamides is 1. The van der Waals surface area contributed by atoms with Crippen LogP contribution in [0.25, 0.3) is 27.8 Å². The monoisotopic (exact) mass is 406 g/mol. The number of nitrogens with zero attached hydrogens (tertiary/aromatic N) is 2. The van der Waals surface area contributed by atoms with Crippen LogP contribution < -0.4 is 10.5 Å². The summed E-state index contributed by atoms with van der Waals surface area (Å²) in [5, 5.41) is 0. The molecule has 29 heavy (non-hydrogen) atoms. The molecule has 1 aromatic heterocycles. The van der Waals surface area contributed by atoms with E-state index in [1.54, 1.807) is 18.5 Å². The highest BCUT2D eigenvalue weighted by Crippen LogP contribution is 2.31. The van der Waals surface area contributed by atoms with Crippen LogP contribution in [-0.4, -0.2) is 24.2 Å². The number of para-hydroxylation sites is 1. The molecule has 0 saturated heterocycles. The maximum absolute atomic E-state index is 11.7. The van der Waals surface area contributed by atoms with E-state index in [1.807, 2.05) is 66.1 Å². The predicted octanol–water partition coefficient (Wildman–Crippen LogP) is 4.08. The van der Waals surface area contributed by atoms with Crippen LogP contribution in [0.1, 0.15) is 18.5 Å². The summed E-state index contributed by atoms with van der Waals surface area (Å²) in [6.45, 7) is 1.95. The number of anilines is 1. The Kier molecular flexibility index (Phi) is 4.86. The Balaban J connectivity index is 1.79. The lowest BCUT2D eigenvalue weighted by molar-refractivity contribution is 0.607. The van der Waals surface area contributed by atoms with Gasteiger partial charge in [-0.05, 0) is 48.4 Å². The molecule has 0 spiro atoms. The summed E-state index contributed by atoms with van der Waals surface area (Å²) in [4.78, 5) is 4.52. The second-order valence-corrected chi connectivity index (χ2v) is 8.87. The van der Waals surface area contributed by atoms with Crippen LogP contribution in [0.15, 0.2) is 73.1 Å². The van der Waals surface area contributed by atoms with Gasteiger partial charge in [-0.25, -0.2) is 13.4 Å². The minimum atomic E-state index is -3.38. The molecule has 0 fully saturated rings. The fourth-order valence-corrected chi connectivity index (χ4v) is 3.94. The van der Waals surface area contributed by atoms with Crippen molar-refractivity contribution in [3.05, 3.63) is 78.6 Å². The van der Waals surface area contributed by atoms with Crippen LogP contribution in [0.3, 0.4) is 0 Å². The molecule has 6 nitrogen and oxygen atoms in total. The number of nitrogens with two attached hydrogens (primary N) is 1. The van der Waals surface area contributed by atoms with E-state index in [9.17, 15) is 8.42 Å². The standard InChI is InChI=1S/C22H22N4O2S/c1-15(23)16-10-11-22-21(13-16)24-14-26(22)18-7-5-6-17(12-18)19-8-3-4-9-20(19)25-29(2,27)28/h3-15,25H,23H2,1-2H3. The molecule has 1 heterocycles. The van der Waals surface area contributed by atoms with Gasteiger partial charge in [0.25, 0.3) is 0 Å². The summed E-state index contributed by atoms with van der Waals surface area (Å²) in [5.41, 5.74) is 12.1. The topological polar surface area (TPSA) is 90.0 Å². The largest absolute Gasteiger partial charge is 0.324 e. The Morgan fingerprint density at radius 1 is 1.03 bits per heavy atom.